The van der Waals surface area contributed by atoms with E-state index in [9.17, 15) is 9.59 Å². The van der Waals surface area contributed by atoms with Gasteiger partial charge in [-0.3, -0.25) is 9.59 Å². The van der Waals surface area contributed by atoms with Crippen LogP contribution in [-0.4, -0.2) is 11.8 Å². The third kappa shape index (κ3) is 4.48. The molecule has 0 aliphatic carbocycles. The summed E-state index contributed by atoms with van der Waals surface area (Å²) in [5.74, 6) is -0.765. The van der Waals surface area contributed by atoms with Gasteiger partial charge in [-0.2, -0.15) is 0 Å². The number of H-pyrrole nitrogens is 1. The van der Waals surface area contributed by atoms with Crippen molar-refractivity contribution in [2.24, 2.45) is 11.5 Å². The molecule has 2 rings (SSSR count). The predicted molar refractivity (Wildman–Crippen MR) is 68.9 cm³/mol. The molecule has 2 heterocycles. The molecule has 0 saturated carbocycles. The summed E-state index contributed by atoms with van der Waals surface area (Å²) in [6, 6.07) is 3.37. The first-order chi connectivity index (χ1) is 8.61. The molecule has 0 aromatic carbocycles. The van der Waals surface area contributed by atoms with Gasteiger partial charge >= 0.3 is 1.43 Å². The predicted octanol–water partition coefficient (Wildman–Crippen LogP) is -0.179. The zero-order valence-corrected chi connectivity index (χ0v) is 9.72. The topological polar surface area (TPSA) is 112 Å². The number of nitrogens with one attached hydrogen (secondary N) is 2. The highest BCUT2D eigenvalue weighted by molar-refractivity contribution is 5.92. The smallest absolute Gasteiger partial charge is 0.367 e. The Morgan fingerprint density at radius 2 is 2.17 bits per heavy atom. The molecule has 0 fully saturated rings. The number of hydrogen-bond acceptors (Lipinski definition) is 3. The molecule has 1 aliphatic heterocycles. The summed E-state index contributed by atoms with van der Waals surface area (Å²) >= 11 is 0. The molecule has 0 radical (unpaired) electrons. The molecule has 1 aromatic rings. The quantitative estimate of drug-likeness (QED) is 0.677. The van der Waals surface area contributed by atoms with Crippen LogP contribution in [0.1, 0.15) is 19.6 Å². The molecule has 6 heteroatoms. The third-order valence-electron chi connectivity index (χ3n) is 2.12. The first-order valence-corrected chi connectivity index (χ1v) is 5.27. The lowest BCUT2D eigenvalue weighted by Gasteiger charge is -2.03. The number of carbonyl (C=O) groups excluding carboxylic acids is 2. The van der Waals surface area contributed by atoms with Gasteiger partial charge in [0.2, 0.25) is 5.91 Å². The summed E-state index contributed by atoms with van der Waals surface area (Å²) in [6.45, 7) is 0. The maximum absolute atomic E-state index is 10.4. The SMILES string of the molecule is NC(=O)C1=CNC=CC1.NC(=O)c1ccc[nH+]c1.[2HH].[H+]. The van der Waals surface area contributed by atoms with Crippen molar-refractivity contribution in [1.82, 2.24) is 5.32 Å². The average Bonchev–Trinajstić information content (AvgIpc) is 2.41. The first kappa shape index (κ1) is 13.4. The summed E-state index contributed by atoms with van der Waals surface area (Å²) in [6.07, 6.45) is 9.14. The fourth-order valence-electron chi connectivity index (χ4n) is 1.18. The number of hydrogen-bond donors (Lipinski definition) is 3. The number of nitrogens with two attached hydrogens (primary N) is 2. The lowest BCUT2D eigenvalue weighted by Crippen LogP contribution is -2.17. The van der Waals surface area contributed by atoms with Crippen LogP contribution < -0.4 is 21.8 Å². The fourth-order valence-corrected chi connectivity index (χ4v) is 1.18. The maximum Gasteiger partial charge on any atom is 1.00 e. The Morgan fingerprint density at radius 1 is 1.39 bits per heavy atom. The number of dihydropyridines is 1. The van der Waals surface area contributed by atoms with Crippen molar-refractivity contribution in [2.45, 2.75) is 6.42 Å². The lowest BCUT2D eigenvalue weighted by atomic mass is 10.2. The third-order valence-corrected chi connectivity index (χ3v) is 2.12. The van der Waals surface area contributed by atoms with Crippen molar-refractivity contribution in [2.75, 3.05) is 0 Å². The molecular formula is C12H18N4O2+2. The van der Waals surface area contributed by atoms with E-state index in [2.05, 4.69) is 10.3 Å². The van der Waals surface area contributed by atoms with E-state index >= 15 is 0 Å². The average molecular weight is 251 g/mol. The van der Waals surface area contributed by atoms with E-state index in [0.717, 1.165) is 0 Å². The Kier molecular flexibility index (Phi) is 5.11. The Bertz CT molecular complexity index is 489. The van der Waals surface area contributed by atoms with Crippen LogP contribution in [0, 0.1) is 0 Å². The van der Waals surface area contributed by atoms with E-state index in [0.29, 0.717) is 17.6 Å². The van der Waals surface area contributed by atoms with Crippen LogP contribution in [0.4, 0.5) is 0 Å². The largest absolute Gasteiger partial charge is 1.00 e. The van der Waals surface area contributed by atoms with E-state index in [-0.39, 0.29) is 8.76 Å². The Hall–Kier alpha value is -2.63. The van der Waals surface area contributed by atoms with Crippen molar-refractivity contribution in [1.29, 1.82) is 0 Å². The number of allylic oxidation sites excluding steroid dienone is 1. The summed E-state index contributed by atoms with van der Waals surface area (Å²) < 4.78 is 0. The fraction of sp³-hybridized carbons (Fsp3) is 0.0833. The van der Waals surface area contributed by atoms with Crippen molar-refractivity contribution in [3.05, 3.63) is 54.1 Å². The van der Waals surface area contributed by atoms with Gasteiger partial charge in [0.15, 0.2) is 12.4 Å². The highest BCUT2D eigenvalue weighted by atomic mass is 16.1. The van der Waals surface area contributed by atoms with Crippen molar-refractivity contribution >= 4 is 11.8 Å². The standard InChI is InChI=1S/C6H8N2O.C6H6N2O.H2/c2*7-6(9)5-2-1-3-8-4-5;/h1,3-4,8H,2H2,(H2,7,9);1-4H,(H2,7,9);1H/p+2/i;;1+1. The molecule has 1 aliphatic rings. The maximum atomic E-state index is 10.4. The second-order valence-corrected chi connectivity index (χ2v) is 3.46. The molecule has 0 saturated heterocycles. The first-order valence-electron chi connectivity index (χ1n) is 5.27. The van der Waals surface area contributed by atoms with Gasteiger partial charge in [0, 0.05) is 19.3 Å². The van der Waals surface area contributed by atoms with E-state index in [1.54, 1.807) is 36.9 Å². The molecule has 96 valence electrons. The Balaban J connectivity index is 0. The van der Waals surface area contributed by atoms with Crippen LogP contribution in [-0.2, 0) is 4.79 Å². The number of pyridine rings is 1. The summed E-state index contributed by atoms with van der Waals surface area (Å²) in [7, 11) is 0. The zero-order chi connectivity index (χ0) is 13.4. The number of aromatic nitrogens is 1. The Labute approximate surface area is 107 Å². The van der Waals surface area contributed by atoms with E-state index in [1.165, 1.54) is 0 Å². The normalized spacial score (nSPS) is 12.6. The van der Waals surface area contributed by atoms with Crippen molar-refractivity contribution < 1.29 is 17.4 Å². The minimum atomic E-state index is -0.410. The number of aromatic amines is 1. The molecule has 0 bridgehead atoms. The second-order valence-electron chi connectivity index (χ2n) is 3.46. The monoisotopic (exact) mass is 251 g/mol. The molecule has 0 spiro atoms. The van der Waals surface area contributed by atoms with E-state index in [1.807, 2.05) is 6.08 Å². The van der Waals surface area contributed by atoms with Crippen LogP contribution in [0.2, 0.25) is 0 Å². The van der Waals surface area contributed by atoms with Gasteiger partial charge in [0.1, 0.15) is 5.56 Å². The van der Waals surface area contributed by atoms with Crippen LogP contribution in [0.25, 0.3) is 0 Å². The van der Waals surface area contributed by atoms with Gasteiger partial charge in [-0.05, 0) is 18.7 Å². The van der Waals surface area contributed by atoms with Crippen LogP contribution >= 0.6 is 0 Å². The minimum Gasteiger partial charge on any atom is -0.367 e. The van der Waals surface area contributed by atoms with E-state index in [4.69, 9.17) is 11.5 Å². The van der Waals surface area contributed by atoms with E-state index < -0.39 is 5.91 Å². The number of amides is 2. The van der Waals surface area contributed by atoms with Crippen molar-refractivity contribution in [3.63, 3.8) is 0 Å². The molecule has 1 aromatic heterocycles. The lowest BCUT2D eigenvalue weighted by molar-refractivity contribution is -0.378. The highest BCUT2D eigenvalue weighted by Gasteiger charge is 2.03. The van der Waals surface area contributed by atoms with Gasteiger partial charge in [-0.25, -0.2) is 4.98 Å². The minimum absolute atomic E-state index is 0. The van der Waals surface area contributed by atoms with Crippen molar-refractivity contribution in [3.8, 4) is 0 Å². The molecule has 0 atom stereocenters. The molecule has 6 nitrogen and oxygen atoms in total. The second kappa shape index (κ2) is 6.85. The number of primary amides is 2. The number of rotatable bonds is 2. The van der Waals surface area contributed by atoms with Crippen LogP contribution in [0.5, 0.6) is 0 Å². The molecule has 2 amide bonds. The highest BCUT2D eigenvalue weighted by Crippen LogP contribution is 2.02. The zero-order valence-electron chi connectivity index (χ0n) is 10.7. The van der Waals surface area contributed by atoms with Gasteiger partial charge in [-0.15, -0.1) is 0 Å². The summed E-state index contributed by atoms with van der Waals surface area (Å²) in [5, 5.41) is 2.77. The molecule has 6 N–H and O–H groups in total. The van der Waals surface area contributed by atoms with Crippen LogP contribution in [0.15, 0.2) is 48.6 Å². The Morgan fingerprint density at radius 3 is 2.50 bits per heavy atom. The number of carbonyl (C=O) groups is 2. The van der Waals surface area contributed by atoms with Gasteiger partial charge < -0.3 is 16.8 Å². The molecule has 18 heavy (non-hydrogen) atoms. The van der Waals surface area contributed by atoms with Gasteiger partial charge in [0.25, 0.3) is 5.91 Å². The van der Waals surface area contributed by atoms with Crippen LogP contribution in [0.3, 0.4) is 0 Å². The summed E-state index contributed by atoms with van der Waals surface area (Å²) in [5.41, 5.74) is 11.1. The molecule has 0 unspecified atom stereocenters. The van der Waals surface area contributed by atoms with Gasteiger partial charge in [0.05, 0.1) is 0 Å². The van der Waals surface area contributed by atoms with Gasteiger partial charge in [-0.1, -0.05) is 6.08 Å². The summed E-state index contributed by atoms with van der Waals surface area (Å²) in [4.78, 5) is 23.6. The molecular weight excluding hydrogens is 232 g/mol.